The second-order valence-electron chi connectivity index (χ2n) is 7.08. The normalized spacial score (nSPS) is 19.2. The summed E-state index contributed by atoms with van der Waals surface area (Å²) in [7, 11) is 0. The van der Waals surface area contributed by atoms with Crippen LogP contribution in [0.25, 0.3) is 5.52 Å². The van der Waals surface area contributed by atoms with E-state index in [0.29, 0.717) is 30.3 Å². The number of hydrogen-bond donors (Lipinski definition) is 0. The van der Waals surface area contributed by atoms with Crippen LogP contribution in [-0.2, 0) is 11.3 Å². The number of fused-ring (bicyclic) bond motifs is 1. The summed E-state index contributed by atoms with van der Waals surface area (Å²) in [6, 6.07) is 6.28. The summed E-state index contributed by atoms with van der Waals surface area (Å²) in [4.78, 5) is 17.1. The Morgan fingerprint density at radius 1 is 1.24 bits per heavy atom. The van der Waals surface area contributed by atoms with Crippen molar-refractivity contribution in [2.45, 2.75) is 31.9 Å². The van der Waals surface area contributed by atoms with Crippen LogP contribution in [0.2, 0.25) is 0 Å². The molecule has 0 bridgehead atoms. The average Bonchev–Trinajstić information content (AvgIpc) is 3.45. The molecule has 4 aromatic rings. The number of aromatic nitrogens is 6. The molecule has 1 aliphatic rings. The van der Waals surface area contributed by atoms with Crippen LogP contribution in [0.3, 0.4) is 0 Å². The number of halogens is 1. The molecular formula is C19H17FN6O3. The van der Waals surface area contributed by atoms with Crippen molar-refractivity contribution in [3.63, 3.8) is 0 Å². The lowest BCUT2D eigenvalue weighted by Gasteiger charge is -2.08. The van der Waals surface area contributed by atoms with E-state index in [1.165, 1.54) is 27.7 Å². The zero-order chi connectivity index (χ0) is 20.0. The van der Waals surface area contributed by atoms with Crippen LogP contribution in [0.1, 0.15) is 41.3 Å². The molecule has 4 heterocycles. The van der Waals surface area contributed by atoms with Gasteiger partial charge in [-0.3, -0.25) is 9.36 Å². The molecule has 148 valence electrons. The van der Waals surface area contributed by atoms with E-state index in [2.05, 4.69) is 20.3 Å². The summed E-state index contributed by atoms with van der Waals surface area (Å²) in [6.07, 6.45) is 3.53. The third kappa shape index (κ3) is 3.21. The molecule has 1 aliphatic heterocycles. The van der Waals surface area contributed by atoms with Crippen LogP contribution >= 0.6 is 0 Å². The maximum atomic E-state index is 13.1. The second kappa shape index (κ2) is 6.89. The SMILES string of the molecule is Cc1cnn2ncn(Cc3nc([C@@H]4CO[C@@H](c5ccc(F)cc5)C4)no3)c(=O)c12. The number of benzene rings is 1. The maximum Gasteiger partial charge on any atom is 0.280 e. The van der Waals surface area contributed by atoms with Crippen molar-refractivity contribution in [1.82, 2.24) is 29.5 Å². The van der Waals surface area contributed by atoms with Gasteiger partial charge in [0, 0.05) is 11.5 Å². The zero-order valence-corrected chi connectivity index (χ0v) is 15.5. The van der Waals surface area contributed by atoms with Gasteiger partial charge in [-0.25, -0.2) is 4.39 Å². The van der Waals surface area contributed by atoms with Crippen LogP contribution in [0.4, 0.5) is 4.39 Å². The molecule has 0 aliphatic carbocycles. The smallest absolute Gasteiger partial charge is 0.280 e. The number of hydrogen-bond acceptors (Lipinski definition) is 7. The lowest BCUT2D eigenvalue weighted by atomic mass is 10.00. The molecule has 0 spiro atoms. The summed E-state index contributed by atoms with van der Waals surface area (Å²) >= 11 is 0. The lowest BCUT2D eigenvalue weighted by molar-refractivity contribution is 0.110. The predicted molar refractivity (Wildman–Crippen MR) is 97.8 cm³/mol. The Morgan fingerprint density at radius 3 is 2.90 bits per heavy atom. The minimum Gasteiger partial charge on any atom is -0.373 e. The highest BCUT2D eigenvalue weighted by molar-refractivity contribution is 5.49. The molecule has 1 saturated heterocycles. The van der Waals surface area contributed by atoms with Crippen LogP contribution in [0, 0.1) is 12.7 Å². The quantitative estimate of drug-likeness (QED) is 0.520. The van der Waals surface area contributed by atoms with Crippen molar-refractivity contribution in [2.24, 2.45) is 0 Å². The lowest BCUT2D eigenvalue weighted by Crippen LogP contribution is -2.24. The van der Waals surface area contributed by atoms with Gasteiger partial charge in [0.15, 0.2) is 11.3 Å². The average molecular weight is 396 g/mol. The number of aryl methyl sites for hydroxylation is 1. The van der Waals surface area contributed by atoms with Gasteiger partial charge in [-0.15, -0.1) is 9.73 Å². The highest BCUT2D eigenvalue weighted by Gasteiger charge is 2.31. The Hall–Kier alpha value is -3.40. The fourth-order valence-electron chi connectivity index (χ4n) is 3.53. The van der Waals surface area contributed by atoms with Gasteiger partial charge in [0.05, 0.1) is 18.9 Å². The summed E-state index contributed by atoms with van der Waals surface area (Å²) in [6.45, 7) is 2.37. The minimum absolute atomic E-state index is 0.0306. The van der Waals surface area contributed by atoms with E-state index >= 15 is 0 Å². The molecule has 0 radical (unpaired) electrons. The Balaban J connectivity index is 1.32. The summed E-state index contributed by atoms with van der Waals surface area (Å²) < 4.78 is 27.0. The molecule has 1 aromatic carbocycles. The molecule has 3 aromatic heterocycles. The number of ether oxygens (including phenoxy) is 1. The van der Waals surface area contributed by atoms with E-state index in [-0.39, 0.29) is 29.9 Å². The first-order valence-electron chi connectivity index (χ1n) is 9.18. The van der Waals surface area contributed by atoms with Gasteiger partial charge in [-0.2, -0.15) is 10.1 Å². The van der Waals surface area contributed by atoms with E-state index in [0.717, 1.165) is 11.1 Å². The van der Waals surface area contributed by atoms with Crippen molar-refractivity contribution in [3.05, 3.63) is 75.8 Å². The van der Waals surface area contributed by atoms with Crippen molar-refractivity contribution in [1.29, 1.82) is 0 Å². The highest BCUT2D eigenvalue weighted by Crippen LogP contribution is 2.37. The van der Waals surface area contributed by atoms with Crippen molar-refractivity contribution in [2.75, 3.05) is 6.61 Å². The molecule has 9 nitrogen and oxygen atoms in total. The van der Waals surface area contributed by atoms with Crippen LogP contribution in [0.15, 0.2) is 46.1 Å². The van der Waals surface area contributed by atoms with E-state index in [1.54, 1.807) is 25.3 Å². The van der Waals surface area contributed by atoms with E-state index in [4.69, 9.17) is 9.26 Å². The first kappa shape index (κ1) is 17.7. The van der Waals surface area contributed by atoms with Gasteiger partial charge in [-0.05, 0) is 31.0 Å². The van der Waals surface area contributed by atoms with Crippen molar-refractivity contribution < 1.29 is 13.7 Å². The monoisotopic (exact) mass is 396 g/mol. The first-order chi connectivity index (χ1) is 14.1. The van der Waals surface area contributed by atoms with Gasteiger partial charge < -0.3 is 9.26 Å². The minimum atomic E-state index is -0.278. The maximum absolute atomic E-state index is 13.1. The molecule has 0 unspecified atom stereocenters. The molecule has 5 rings (SSSR count). The standard InChI is InChI=1S/C19H17FN6O3/c1-11-7-21-26-17(11)19(27)25(10-22-26)8-16-23-18(24-29-16)13-6-15(28-9-13)12-2-4-14(20)5-3-12/h2-5,7,10,13,15H,6,8-9H2,1H3/t13-,15+/m0/s1. The molecule has 0 N–H and O–H groups in total. The van der Waals surface area contributed by atoms with Gasteiger partial charge in [0.1, 0.15) is 18.7 Å². The summed E-state index contributed by atoms with van der Waals surface area (Å²) in [5, 5.41) is 12.2. The molecule has 0 saturated carbocycles. The van der Waals surface area contributed by atoms with Crippen LogP contribution in [0.5, 0.6) is 0 Å². The zero-order valence-electron chi connectivity index (χ0n) is 15.5. The molecule has 10 heteroatoms. The molecule has 2 atom stereocenters. The number of rotatable bonds is 4. The Labute approximate surface area is 163 Å². The van der Waals surface area contributed by atoms with Crippen molar-refractivity contribution in [3.8, 4) is 0 Å². The Kier molecular flexibility index (Phi) is 4.20. The Bertz CT molecular complexity index is 1230. The predicted octanol–water partition coefficient (Wildman–Crippen LogP) is 2.02. The van der Waals surface area contributed by atoms with Gasteiger partial charge in [-0.1, -0.05) is 17.3 Å². The van der Waals surface area contributed by atoms with Crippen LogP contribution in [-0.4, -0.2) is 36.1 Å². The van der Waals surface area contributed by atoms with E-state index < -0.39 is 0 Å². The van der Waals surface area contributed by atoms with Gasteiger partial charge in [0.2, 0.25) is 5.89 Å². The summed E-state index contributed by atoms with van der Waals surface area (Å²) in [5.41, 5.74) is 1.85. The van der Waals surface area contributed by atoms with E-state index in [9.17, 15) is 9.18 Å². The molecular weight excluding hydrogens is 379 g/mol. The second-order valence-corrected chi connectivity index (χ2v) is 7.08. The fourth-order valence-corrected chi connectivity index (χ4v) is 3.53. The fraction of sp³-hybridized carbons (Fsp3) is 0.316. The molecule has 1 fully saturated rings. The largest absolute Gasteiger partial charge is 0.373 e. The summed E-state index contributed by atoms with van der Waals surface area (Å²) in [5.74, 6) is 0.542. The first-order valence-corrected chi connectivity index (χ1v) is 9.18. The van der Waals surface area contributed by atoms with Crippen molar-refractivity contribution >= 4 is 5.52 Å². The Morgan fingerprint density at radius 2 is 2.07 bits per heavy atom. The topological polar surface area (TPSA) is 100 Å². The number of nitrogens with zero attached hydrogens (tertiary/aromatic N) is 6. The van der Waals surface area contributed by atoms with E-state index in [1.807, 2.05) is 0 Å². The molecule has 29 heavy (non-hydrogen) atoms. The highest BCUT2D eigenvalue weighted by atomic mass is 19.1. The molecule has 0 amide bonds. The van der Waals surface area contributed by atoms with Crippen LogP contribution < -0.4 is 5.56 Å². The van der Waals surface area contributed by atoms with Gasteiger partial charge in [0.25, 0.3) is 5.56 Å². The third-order valence-electron chi connectivity index (χ3n) is 5.09. The third-order valence-corrected chi connectivity index (χ3v) is 5.09. The van der Waals surface area contributed by atoms with Gasteiger partial charge >= 0.3 is 0 Å².